The van der Waals surface area contributed by atoms with Gasteiger partial charge in [0.05, 0.1) is 27.5 Å². The molecule has 0 radical (unpaired) electrons. The van der Waals surface area contributed by atoms with Gasteiger partial charge in [0.15, 0.2) is 5.58 Å². The van der Waals surface area contributed by atoms with Crippen LogP contribution in [0, 0.1) is 0 Å². The maximum atomic E-state index is 13.9. The van der Waals surface area contributed by atoms with Crippen LogP contribution in [0.5, 0.6) is 5.75 Å². The Morgan fingerprint density at radius 3 is 1.94 bits per heavy atom. The van der Waals surface area contributed by atoms with Crippen molar-refractivity contribution in [1.82, 2.24) is 4.40 Å². The summed E-state index contributed by atoms with van der Waals surface area (Å²) in [5, 5.41) is 12.7. The molecule has 0 saturated heterocycles. The molecule has 0 aliphatic rings. The molecule has 35 heavy (non-hydrogen) atoms. The van der Waals surface area contributed by atoms with E-state index >= 15 is 0 Å². The van der Waals surface area contributed by atoms with Gasteiger partial charge >= 0.3 is 5.63 Å². The molecule has 5 nitrogen and oxygen atoms in total. The summed E-state index contributed by atoms with van der Waals surface area (Å²) in [5.41, 5.74) is 2.72. The minimum absolute atomic E-state index is 0.133. The van der Waals surface area contributed by atoms with Crippen molar-refractivity contribution in [2.45, 2.75) is 12.8 Å². The van der Waals surface area contributed by atoms with Gasteiger partial charge in [0.2, 0.25) is 0 Å². The van der Waals surface area contributed by atoms with Crippen molar-refractivity contribution in [3.8, 4) is 5.75 Å². The predicted octanol–water partition coefficient (Wildman–Crippen LogP) is 5.45. The third-order valence-electron chi connectivity index (χ3n) is 6.47. The molecule has 3 aromatic heterocycles. The van der Waals surface area contributed by atoms with Crippen LogP contribution in [0.2, 0.25) is 0 Å². The van der Waals surface area contributed by atoms with Crippen molar-refractivity contribution in [3.05, 3.63) is 140 Å². The third-order valence-corrected chi connectivity index (χ3v) is 6.47. The third kappa shape index (κ3) is 3.49. The quantitative estimate of drug-likeness (QED) is 0.356. The average Bonchev–Trinajstić information content (AvgIpc) is 2.89. The molecule has 3 heterocycles. The first-order chi connectivity index (χ1) is 17.1. The zero-order chi connectivity index (χ0) is 23.9. The smallest absolute Gasteiger partial charge is 0.343 e. The normalized spacial score (nSPS) is 11.4. The molecule has 0 aliphatic carbocycles. The maximum Gasteiger partial charge on any atom is 0.343 e. The molecular formula is C30H21NO4. The fraction of sp³-hybridized carbons (Fsp3) is 0.0667. The minimum atomic E-state index is -0.641. The average molecular weight is 460 g/mol. The van der Waals surface area contributed by atoms with Crippen molar-refractivity contribution in [2.24, 2.45) is 0 Å². The van der Waals surface area contributed by atoms with Gasteiger partial charge in [-0.05, 0) is 28.6 Å². The number of fused-ring (bicyclic) bond motifs is 5. The Labute approximate surface area is 200 Å². The second kappa shape index (κ2) is 8.29. The van der Waals surface area contributed by atoms with Gasteiger partial charge in [0, 0.05) is 12.8 Å². The van der Waals surface area contributed by atoms with Crippen LogP contribution in [0.3, 0.4) is 0 Å². The van der Waals surface area contributed by atoms with Crippen LogP contribution in [0.1, 0.15) is 22.3 Å². The number of rotatable bonds is 4. The fourth-order valence-corrected chi connectivity index (χ4v) is 4.77. The molecule has 1 N–H and O–H groups in total. The largest absolute Gasteiger partial charge is 0.507 e. The Kier molecular flexibility index (Phi) is 4.96. The van der Waals surface area contributed by atoms with E-state index in [1.165, 1.54) is 0 Å². The van der Waals surface area contributed by atoms with Crippen LogP contribution in [-0.2, 0) is 12.8 Å². The molecule has 5 heteroatoms. The highest BCUT2D eigenvalue weighted by Gasteiger charge is 2.23. The highest BCUT2D eigenvalue weighted by Crippen LogP contribution is 2.34. The number of pyridine rings is 2. The minimum Gasteiger partial charge on any atom is -0.507 e. The van der Waals surface area contributed by atoms with Crippen molar-refractivity contribution in [1.29, 1.82) is 0 Å². The Balaban J connectivity index is 1.74. The Morgan fingerprint density at radius 2 is 1.26 bits per heavy atom. The molecule has 6 rings (SSSR count). The summed E-state index contributed by atoms with van der Waals surface area (Å²) < 4.78 is 7.43. The van der Waals surface area contributed by atoms with Crippen molar-refractivity contribution in [3.63, 3.8) is 0 Å². The zero-order valence-corrected chi connectivity index (χ0v) is 18.8. The highest BCUT2D eigenvalue weighted by atomic mass is 16.4. The summed E-state index contributed by atoms with van der Waals surface area (Å²) in [6, 6.07) is 30.3. The predicted molar refractivity (Wildman–Crippen MR) is 137 cm³/mol. The zero-order valence-electron chi connectivity index (χ0n) is 18.8. The van der Waals surface area contributed by atoms with Gasteiger partial charge in [-0.1, -0.05) is 84.9 Å². The van der Waals surface area contributed by atoms with E-state index in [1.807, 2.05) is 91.0 Å². The van der Waals surface area contributed by atoms with E-state index in [-0.39, 0.29) is 35.3 Å². The molecule has 0 fully saturated rings. The Hall–Kier alpha value is -4.64. The molecule has 0 saturated carbocycles. The molecule has 6 aromatic rings. The number of hydrogen-bond donors (Lipinski definition) is 1. The highest BCUT2D eigenvalue weighted by molar-refractivity contribution is 6.02. The summed E-state index contributed by atoms with van der Waals surface area (Å²) in [7, 11) is 0. The van der Waals surface area contributed by atoms with Crippen LogP contribution in [0.4, 0.5) is 0 Å². The summed E-state index contributed by atoms with van der Waals surface area (Å²) in [6.07, 6.45) is 0.487. The molecule has 3 aromatic carbocycles. The fourth-order valence-electron chi connectivity index (χ4n) is 4.77. The lowest BCUT2D eigenvalue weighted by molar-refractivity contribution is 0.458. The molecule has 0 aliphatic heterocycles. The summed E-state index contributed by atoms with van der Waals surface area (Å²) >= 11 is 0. The van der Waals surface area contributed by atoms with Gasteiger partial charge in [-0.3, -0.25) is 9.20 Å². The lowest BCUT2D eigenvalue weighted by Gasteiger charge is -2.15. The van der Waals surface area contributed by atoms with Gasteiger partial charge in [-0.25, -0.2) is 4.79 Å². The molecular weight excluding hydrogens is 438 g/mol. The van der Waals surface area contributed by atoms with E-state index in [0.717, 1.165) is 22.0 Å². The number of para-hydroxylation sites is 1. The number of benzene rings is 3. The topological polar surface area (TPSA) is 71.9 Å². The first-order valence-corrected chi connectivity index (χ1v) is 11.4. The molecule has 0 bridgehead atoms. The number of aromatic hydroxyl groups is 1. The van der Waals surface area contributed by atoms with E-state index < -0.39 is 5.63 Å². The van der Waals surface area contributed by atoms with Gasteiger partial charge < -0.3 is 9.52 Å². The summed E-state index contributed by atoms with van der Waals surface area (Å²) in [5.74, 6) is -0.151. The number of aromatic nitrogens is 1. The first-order valence-electron chi connectivity index (χ1n) is 11.4. The molecule has 0 amide bonds. The summed E-state index contributed by atoms with van der Waals surface area (Å²) in [4.78, 5) is 27.0. The van der Waals surface area contributed by atoms with Gasteiger partial charge in [-0.15, -0.1) is 0 Å². The van der Waals surface area contributed by atoms with Crippen molar-refractivity contribution >= 4 is 27.4 Å². The van der Waals surface area contributed by atoms with Gasteiger partial charge in [-0.2, -0.15) is 0 Å². The van der Waals surface area contributed by atoms with E-state index in [1.54, 1.807) is 10.5 Å². The second-order valence-electron chi connectivity index (χ2n) is 8.64. The van der Waals surface area contributed by atoms with Gasteiger partial charge in [0.1, 0.15) is 5.75 Å². The van der Waals surface area contributed by atoms with E-state index in [0.29, 0.717) is 16.5 Å². The van der Waals surface area contributed by atoms with Crippen LogP contribution < -0.4 is 11.2 Å². The van der Waals surface area contributed by atoms with E-state index in [4.69, 9.17) is 4.42 Å². The second-order valence-corrected chi connectivity index (χ2v) is 8.64. The van der Waals surface area contributed by atoms with Crippen LogP contribution in [0.15, 0.2) is 111 Å². The van der Waals surface area contributed by atoms with Crippen LogP contribution >= 0.6 is 0 Å². The SMILES string of the molecule is O=c1oc2c(Cc3ccccc3)c(=O)n3c4ccccc4ccc3c2c(O)c1Cc1ccccc1. The Morgan fingerprint density at radius 1 is 0.657 bits per heavy atom. The van der Waals surface area contributed by atoms with Crippen LogP contribution in [0.25, 0.3) is 27.4 Å². The standard InChI is InChI=1S/C30H21NO4/c32-27-22(17-19-9-3-1-4-10-19)30(34)35-28-23(18-20-11-5-2-6-12-20)29(33)31-24-14-8-7-13-21(24)15-16-25(31)26(27)28/h1-16,32H,17-18H2. The lowest BCUT2D eigenvalue weighted by Crippen LogP contribution is -2.21. The molecule has 0 spiro atoms. The molecule has 170 valence electrons. The van der Waals surface area contributed by atoms with E-state index in [9.17, 15) is 14.7 Å². The number of nitrogens with zero attached hydrogens (tertiary/aromatic N) is 1. The van der Waals surface area contributed by atoms with E-state index in [2.05, 4.69) is 0 Å². The van der Waals surface area contributed by atoms with Crippen LogP contribution in [-0.4, -0.2) is 9.51 Å². The lowest BCUT2D eigenvalue weighted by atomic mass is 9.99. The number of hydrogen-bond acceptors (Lipinski definition) is 4. The Bertz CT molecular complexity index is 1830. The van der Waals surface area contributed by atoms with Crippen molar-refractivity contribution < 1.29 is 9.52 Å². The molecule has 0 atom stereocenters. The van der Waals surface area contributed by atoms with Gasteiger partial charge in [0.25, 0.3) is 5.56 Å². The van der Waals surface area contributed by atoms with Crippen molar-refractivity contribution in [2.75, 3.05) is 0 Å². The summed E-state index contributed by atoms with van der Waals surface area (Å²) in [6.45, 7) is 0. The molecule has 0 unspecified atom stereocenters. The first kappa shape index (κ1) is 20.9. The maximum absolute atomic E-state index is 13.9. The monoisotopic (exact) mass is 459 g/mol.